The standard InChI is InChI=1S/C24H31N3O3S/c1-7-8-17-9-16(5)26-24(29)20(17)12-25-23(28)19-10-18(31(6)30)11-21-22(19)15(4)13-27(21)14(2)3/h9-11,13-14H,7-8,12H2,1-6H3,(H,25,28)(H,26,29). The summed E-state index contributed by atoms with van der Waals surface area (Å²) in [7, 11) is -1.22. The van der Waals surface area contributed by atoms with E-state index in [-0.39, 0.29) is 24.1 Å². The lowest BCUT2D eigenvalue weighted by atomic mass is 10.0. The number of pyridine rings is 1. The van der Waals surface area contributed by atoms with Gasteiger partial charge in [-0.1, -0.05) is 13.3 Å². The van der Waals surface area contributed by atoms with Gasteiger partial charge in [0.1, 0.15) is 0 Å². The van der Waals surface area contributed by atoms with Gasteiger partial charge >= 0.3 is 0 Å². The molecule has 1 amide bonds. The lowest BCUT2D eigenvalue weighted by Gasteiger charge is -2.13. The number of aryl methyl sites for hydroxylation is 3. The molecule has 6 nitrogen and oxygen atoms in total. The van der Waals surface area contributed by atoms with Crippen LogP contribution in [0.2, 0.25) is 0 Å². The number of amides is 1. The molecule has 0 saturated heterocycles. The molecule has 166 valence electrons. The Morgan fingerprint density at radius 2 is 1.94 bits per heavy atom. The molecular formula is C24H31N3O3S. The van der Waals surface area contributed by atoms with Crippen molar-refractivity contribution in [2.24, 2.45) is 0 Å². The van der Waals surface area contributed by atoms with Crippen LogP contribution in [-0.4, -0.2) is 25.9 Å². The van der Waals surface area contributed by atoms with Crippen LogP contribution in [0.15, 0.2) is 34.1 Å². The Hall–Kier alpha value is -2.67. The lowest BCUT2D eigenvalue weighted by molar-refractivity contribution is 0.0952. The van der Waals surface area contributed by atoms with Crippen LogP contribution in [0.3, 0.4) is 0 Å². The van der Waals surface area contributed by atoms with Crippen molar-refractivity contribution in [1.82, 2.24) is 14.9 Å². The summed E-state index contributed by atoms with van der Waals surface area (Å²) in [5, 5.41) is 3.78. The smallest absolute Gasteiger partial charge is 0.253 e. The molecule has 2 N–H and O–H groups in total. The molecule has 31 heavy (non-hydrogen) atoms. The van der Waals surface area contributed by atoms with Crippen molar-refractivity contribution in [1.29, 1.82) is 0 Å². The first kappa shape index (κ1) is 23.0. The molecule has 0 aliphatic rings. The predicted octanol–water partition coefficient (Wildman–Crippen LogP) is 4.15. The van der Waals surface area contributed by atoms with Crippen molar-refractivity contribution in [3.05, 3.63) is 62.7 Å². The van der Waals surface area contributed by atoms with Crippen molar-refractivity contribution in [3.63, 3.8) is 0 Å². The molecule has 7 heteroatoms. The number of nitrogens with one attached hydrogen (secondary N) is 2. The largest absolute Gasteiger partial charge is 0.348 e. The Kier molecular flexibility index (Phi) is 6.84. The zero-order chi connectivity index (χ0) is 22.9. The number of hydrogen-bond donors (Lipinski definition) is 2. The van der Waals surface area contributed by atoms with E-state index in [1.54, 1.807) is 12.3 Å². The van der Waals surface area contributed by atoms with E-state index < -0.39 is 10.8 Å². The molecule has 0 spiro atoms. The third kappa shape index (κ3) is 4.66. The van der Waals surface area contributed by atoms with Crippen LogP contribution >= 0.6 is 0 Å². The fourth-order valence-corrected chi connectivity index (χ4v) is 4.63. The molecule has 0 bridgehead atoms. The normalized spacial score (nSPS) is 12.5. The van der Waals surface area contributed by atoms with Crippen molar-refractivity contribution in [3.8, 4) is 0 Å². The fraction of sp³-hybridized carbons (Fsp3) is 0.417. The van der Waals surface area contributed by atoms with E-state index in [9.17, 15) is 13.8 Å². The third-order valence-corrected chi connectivity index (χ3v) is 6.44. The summed E-state index contributed by atoms with van der Waals surface area (Å²) in [6.07, 6.45) is 5.33. The number of benzene rings is 1. The van der Waals surface area contributed by atoms with E-state index in [0.717, 1.165) is 40.6 Å². The molecule has 0 radical (unpaired) electrons. The third-order valence-electron chi connectivity index (χ3n) is 5.54. The fourth-order valence-electron chi connectivity index (χ4n) is 4.07. The minimum atomic E-state index is -1.22. The van der Waals surface area contributed by atoms with E-state index in [2.05, 4.69) is 35.6 Å². The number of carbonyl (C=O) groups is 1. The summed E-state index contributed by atoms with van der Waals surface area (Å²) >= 11 is 0. The molecule has 0 saturated carbocycles. The molecule has 1 unspecified atom stereocenters. The number of fused-ring (bicyclic) bond motifs is 1. The zero-order valence-electron chi connectivity index (χ0n) is 19.1. The van der Waals surface area contributed by atoms with Crippen LogP contribution in [0.1, 0.15) is 66.0 Å². The maximum Gasteiger partial charge on any atom is 0.253 e. The van der Waals surface area contributed by atoms with Crippen LogP contribution < -0.4 is 10.9 Å². The molecule has 1 aromatic carbocycles. The lowest BCUT2D eigenvalue weighted by Crippen LogP contribution is -2.28. The topological polar surface area (TPSA) is 84.0 Å². The Morgan fingerprint density at radius 3 is 2.55 bits per heavy atom. The Bertz CT molecular complexity index is 1220. The van der Waals surface area contributed by atoms with Crippen molar-refractivity contribution < 1.29 is 9.00 Å². The average molecular weight is 442 g/mol. The van der Waals surface area contributed by atoms with Gasteiger partial charge in [-0.25, -0.2) is 0 Å². The summed E-state index contributed by atoms with van der Waals surface area (Å²) in [5.41, 5.74) is 4.56. The molecule has 3 aromatic rings. The van der Waals surface area contributed by atoms with Crippen molar-refractivity contribution >= 4 is 27.6 Å². The summed E-state index contributed by atoms with van der Waals surface area (Å²) in [6.45, 7) is 10.2. The van der Waals surface area contributed by atoms with E-state index in [0.29, 0.717) is 16.0 Å². The highest BCUT2D eigenvalue weighted by Crippen LogP contribution is 2.30. The second-order valence-corrected chi connectivity index (χ2v) is 9.73. The van der Waals surface area contributed by atoms with Crippen molar-refractivity contribution in [2.45, 2.75) is 64.9 Å². The van der Waals surface area contributed by atoms with Gasteiger partial charge in [0.2, 0.25) is 0 Å². The Labute approximate surface area is 185 Å². The first-order valence-electron chi connectivity index (χ1n) is 10.6. The maximum absolute atomic E-state index is 13.3. The molecule has 0 fully saturated rings. The molecule has 2 aromatic heterocycles. The average Bonchev–Trinajstić information content (AvgIpc) is 3.03. The quantitative estimate of drug-likeness (QED) is 0.578. The first-order chi connectivity index (χ1) is 14.6. The monoisotopic (exact) mass is 441 g/mol. The van der Waals surface area contributed by atoms with Gasteiger partial charge in [0.05, 0.1) is 11.1 Å². The highest BCUT2D eigenvalue weighted by atomic mass is 32.2. The Balaban J connectivity index is 2.04. The maximum atomic E-state index is 13.3. The van der Waals surface area contributed by atoms with Gasteiger partial charge in [0.15, 0.2) is 0 Å². The molecule has 0 aliphatic heterocycles. The Morgan fingerprint density at radius 1 is 1.23 bits per heavy atom. The van der Waals surface area contributed by atoms with Crippen LogP contribution in [0.25, 0.3) is 10.9 Å². The summed E-state index contributed by atoms with van der Waals surface area (Å²) in [6, 6.07) is 5.78. The minimum absolute atomic E-state index is 0.147. The number of hydrogen-bond acceptors (Lipinski definition) is 3. The number of H-pyrrole nitrogens is 1. The second kappa shape index (κ2) is 9.22. The van der Waals surface area contributed by atoms with Gasteiger partial charge in [0, 0.05) is 57.4 Å². The SMILES string of the molecule is CCCc1cc(C)[nH]c(=O)c1CNC(=O)c1cc(S(C)=O)cc2c1c(C)cn2C(C)C. The van der Waals surface area contributed by atoms with Gasteiger partial charge in [0.25, 0.3) is 11.5 Å². The van der Waals surface area contributed by atoms with Gasteiger partial charge in [-0.15, -0.1) is 0 Å². The van der Waals surface area contributed by atoms with Gasteiger partial charge < -0.3 is 14.9 Å². The second-order valence-electron chi connectivity index (χ2n) is 8.35. The molecular weight excluding hydrogens is 410 g/mol. The number of rotatable bonds is 7. The molecule has 3 rings (SSSR count). The van der Waals surface area contributed by atoms with Gasteiger partial charge in [-0.3, -0.25) is 13.8 Å². The summed E-state index contributed by atoms with van der Waals surface area (Å²) in [5.74, 6) is -0.274. The van der Waals surface area contributed by atoms with Crippen LogP contribution in [0.4, 0.5) is 0 Å². The number of aromatic nitrogens is 2. The summed E-state index contributed by atoms with van der Waals surface area (Å²) in [4.78, 5) is 29.2. The molecule has 0 aliphatic carbocycles. The van der Waals surface area contributed by atoms with Gasteiger partial charge in [-0.2, -0.15) is 0 Å². The minimum Gasteiger partial charge on any atom is -0.348 e. The number of aromatic amines is 1. The molecule has 1 atom stereocenters. The predicted molar refractivity (Wildman–Crippen MR) is 126 cm³/mol. The highest BCUT2D eigenvalue weighted by Gasteiger charge is 2.20. The van der Waals surface area contributed by atoms with Crippen molar-refractivity contribution in [2.75, 3.05) is 6.26 Å². The molecule has 2 heterocycles. The van der Waals surface area contributed by atoms with Crippen LogP contribution in [-0.2, 0) is 23.8 Å². The zero-order valence-corrected chi connectivity index (χ0v) is 19.9. The first-order valence-corrected chi connectivity index (χ1v) is 12.2. The van der Waals surface area contributed by atoms with E-state index in [1.165, 1.54) is 0 Å². The van der Waals surface area contributed by atoms with Crippen LogP contribution in [0, 0.1) is 13.8 Å². The number of carbonyl (C=O) groups excluding carboxylic acids is 1. The summed E-state index contributed by atoms with van der Waals surface area (Å²) < 4.78 is 14.3. The number of nitrogens with zero attached hydrogens (tertiary/aromatic N) is 1. The van der Waals surface area contributed by atoms with Crippen LogP contribution in [0.5, 0.6) is 0 Å². The van der Waals surface area contributed by atoms with E-state index in [1.807, 2.05) is 32.2 Å². The van der Waals surface area contributed by atoms with E-state index >= 15 is 0 Å². The van der Waals surface area contributed by atoms with E-state index in [4.69, 9.17) is 0 Å². The van der Waals surface area contributed by atoms with Gasteiger partial charge in [-0.05, 0) is 63.4 Å². The highest BCUT2D eigenvalue weighted by molar-refractivity contribution is 7.84.